The van der Waals surface area contributed by atoms with E-state index < -0.39 is 0 Å². The number of carbonyl (C=O) groups is 1. The van der Waals surface area contributed by atoms with Crippen molar-refractivity contribution >= 4 is 5.91 Å². The van der Waals surface area contributed by atoms with Crippen molar-refractivity contribution in [3.63, 3.8) is 0 Å². The van der Waals surface area contributed by atoms with Crippen molar-refractivity contribution in [2.24, 2.45) is 0 Å². The van der Waals surface area contributed by atoms with Gasteiger partial charge < -0.3 is 20.1 Å². The predicted molar refractivity (Wildman–Crippen MR) is 83.8 cm³/mol. The Hall–Kier alpha value is -1.75. The number of carbonyl (C=O) groups excluding carboxylic acids is 1. The highest BCUT2D eigenvalue weighted by Crippen LogP contribution is 2.31. The lowest BCUT2D eigenvalue weighted by atomic mass is 10.2. The molecule has 0 aliphatic heterocycles. The van der Waals surface area contributed by atoms with Crippen LogP contribution < -0.4 is 20.1 Å². The lowest BCUT2D eigenvalue weighted by Gasteiger charge is -2.16. The van der Waals surface area contributed by atoms with E-state index in [9.17, 15) is 4.79 Å². The highest BCUT2D eigenvalue weighted by Gasteiger charge is 2.13. The van der Waals surface area contributed by atoms with Gasteiger partial charge in [0.15, 0.2) is 18.1 Å². The van der Waals surface area contributed by atoms with Crippen LogP contribution in [-0.4, -0.2) is 31.7 Å². The molecule has 1 amide bonds. The van der Waals surface area contributed by atoms with E-state index in [4.69, 9.17) is 9.47 Å². The Kier molecular flexibility index (Phi) is 7.61. The number of rotatable bonds is 9. The minimum atomic E-state index is -0.134. The molecule has 0 bridgehead atoms. The van der Waals surface area contributed by atoms with E-state index >= 15 is 0 Å². The van der Waals surface area contributed by atoms with Gasteiger partial charge in [-0.05, 0) is 33.4 Å². The SMILES string of the molecule is CCNCc1cccc(OCC)c1OCC(=O)NC(C)C. The van der Waals surface area contributed by atoms with Crippen LogP contribution in [-0.2, 0) is 11.3 Å². The minimum Gasteiger partial charge on any atom is -0.490 e. The number of nitrogens with one attached hydrogen (secondary N) is 2. The summed E-state index contributed by atoms with van der Waals surface area (Å²) in [5.41, 5.74) is 0.986. The molecule has 0 spiro atoms. The predicted octanol–water partition coefficient (Wildman–Crippen LogP) is 2.10. The summed E-state index contributed by atoms with van der Waals surface area (Å²) < 4.78 is 11.3. The van der Waals surface area contributed by atoms with E-state index in [1.54, 1.807) is 0 Å². The second-order valence-electron chi connectivity index (χ2n) is 4.97. The van der Waals surface area contributed by atoms with Crippen LogP contribution in [0, 0.1) is 0 Å². The largest absolute Gasteiger partial charge is 0.490 e. The Labute approximate surface area is 127 Å². The van der Waals surface area contributed by atoms with Crippen molar-refractivity contribution in [1.29, 1.82) is 0 Å². The number of amides is 1. The molecule has 0 saturated carbocycles. The molecule has 1 rings (SSSR count). The second kappa shape index (κ2) is 9.23. The zero-order valence-electron chi connectivity index (χ0n) is 13.4. The molecule has 5 nitrogen and oxygen atoms in total. The van der Waals surface area contributed by atoms with E-state index in [1.807, 2.05) is 45.9 Å². The molecule has 0 aliphatic carbocycles. The lowest BCUT2D eigenvalue weighted by molar-refractivity contribution is -0.123. The fourth-order valence-corrected chi connectivity index (χ4v) is 1.89. The van der Waals surface area contributed by atoms with Gasteiger partial charge in [-0.3, -0.25) is 4.79 Å². The lowest BCUT2D eigenvalue weighted by Crippen LogP contribution is -2.34. The monoisotopic (exact) mass is 294 g/mol. The van der Waals surface area contributed by atoms with Gasteiger partial charge in [0.05, 0.1) is 6.61 Å². The van der Waals surface area contributed by atoms with Crippen molar-refractivity contribution in [2.75, 3.05) is 19.8 Å². The van der Waals surface area contributed by atoms with Gasteiger partial charge in [-0.25, -0.2) is 0 Å². The van der Waals surface area contributed by atoms with E-state index in [-0.39, 0.29) is 18.6 Å². The fourth-order valence-electron chi connectivity index (χ4n) is 1.89. The first-order valence-corrected chi connectivity index (χ1v) is 7.46. The van der Waals surface area contributed by atoms with Crippen LogP contribution in [0.5, 0.6) is 11.5 Å². The van der Waals surface area contributed by atoms with E-state index in [1.165, 1.54) is 0 Å². The van der Waals surface area contributed by atoms with Gasteiger partial charge >= 0.3 is 0 Å². The molecule has 0 aliphatic rings. The topological polar surface area (TPSA) is 59.6 Å². The quantitative estimate of drug-likeness (QED) is 0.732. The van der Waals surface area contributed by atoms with Crippen LogP contribution in [0.3, 0.4) is 0 Å². The summed E-state index contributed by atoms with van der Waals surface area (Å²) in [7, 11) is 0. The summed E-state index contributed by atoms with van der Waals surface area (Å²) in [6.07, 6.45) is 0. The van der Waals surface area contributed by atoms with Crippen LogP contribution in [0.4, 0.5) is 0 Å². The summed E-state index contributed by atoms with van der Waals surface area (Å²) in [5, 5.41) is 6.06. The number of para-hydroxylation sites is 1. The van der Waals surface area contributed by atoms with Crippen LogP contribution in [0.15, 0.2) is 18.2 Å². The maximum Gasteiger partial charge on any atom is 0.258 e. The molecule has 21 heavy (non-hydrogen) atoms. The van der Waals surface area contributed by atoms with Crippen LogP contribution in [0.2, 0.25) is 0 Å². The van der Waals surface area contributed by atoms with Gasteiger partial charge in [0.1, 0.15) is 0 Å². The molecule has 1 aromatic rings. The zero-order valence-corrected chi connectivity index (χ0v) is 13.4. The average molecular weight is 294 g/mol. The fraction of sp³-hybridized carbons (Fsp3) is 0.562. The number of hydrogen-bond acceptors (Lipinski definition) is 4. The van der Waals surface area contributed by atoms with Crippen molar-refractivity contribution in [2.45, 2.75) is 40.3 Å². The molecule has 118 valence electrons. The first-order chi connectivity index (χ1) is 10.1. The Balaban J connectivity index is 2.81. The maximum absolute atomic E-state index is 11.7. The molecule has 0 heterocycles. The first kappa shape index (κ1) is 17.3. The molecule has 0 aromatic heterocycles. The van der Waals surface area contributed by atoms with Gasteiger partial charge in [0.2, 0.25) is 0 Å². The Morgan fingerprint density at radius 2 is 2.00 bits per heavy atom. The van der Waals surface area contributed by atoms with Crippen LogP contribution in [0.25, 0.3) is 0 Å². The third kappa shape index (κ3) is 6.04. The molecule has 1 aromatic carbocycles. The standard InChI is InChI=1S/C16H26N2O3/c1-5-17-10-13-8-7-9-14(20-6-2)16(13)21-11-15(19)18-12(3)4/h7-9,12,17H,5-6,10-11H2,1-4H3,(H,18,19). The van der Waals surface area contributed by atoms with Crippen molar-refractivity contribution in [3.8, 4) is 11.5 Å². The summed E-state index contributed by atoms with van der Waals surface area (Å²) in [6.45, 7) is 9.89. The second-order valence-corrected chi connectivity index (χ2v) is 4.97. The van der Waals surface area contributed by atoms with Crippen LogP contribution >= 0.6 is 0 Å². The average Bonchev–Trinajstić information content (AvgIpc) is 2.43. The van der Waals surface area contributed by atoms with Crippen molar-refractivity contribution in [1.82, 2.24) is 10.6 Å². The van der Waals surface area contributed by atoms with Gasteiger partial charge in [0.25, 0.3) is 5.91 Å². The summed E-state index contributed by atoms with van der Waals surface area (Å²) >= 11 is 0. The van der Waals surface area contributed by atoms with Crippen molar-refractivity contribution in [3.05, 3.63) is 23.8 Å². The van der Waals surface area contributed by atoms with Gasteiger partial charge in [-0.1, -0.05) is 19.1 Å². The molecule has 2 N–H and O–H groups in total. The molecule has 0 atom stereocenters. The molecular weight excluding hydrogens is 268 g/mol. The highest BCUT2D eigenvalue weighted by molar-refractivity contribution is 5.77. The number of benzene rings is 1. The summed E-state index contributed by atoms with van der Waals surface area (Å²) in [4.78, 5) is 11.7. The van der Waals surface area contributed by atoms with E-state index in [0.717, 1.165) is 12.1 Å². The summed E-state index contributed by atoms with van der Waals surface area (Å²) in [5.74, 6) is 1.18. The smallest absolute Gasteiger partial charge is 0.258 e. The molecule has 0 radical (unpaired) electrons. The minimum absolute atomic E-state index is 0.0125. The molecule has 0 fully saturated rings. The molecular formula is C16H26N2O3. The third-order valence-electron chi connectivity index (χ3n) is 2.72. The number of hydrogen-bond donors (Lipinski definition) is 2. The zero-order chi connectivity index (χ0) is 15.7. The maximum atomic E-state index is 11.7. The van der Waals surface area contributed by atoms with E-state index in [2.05, 4.69) is 10.6 Å². The highest BCUT2D eigenvalue weighted by atomic mass is 16.5. The van der Waals surface area contributed by atoms with Crippen LogP contribution in [0.1, 0.15) is 33.3 Å². The van der Waals surface area contributed by atoms with E-state index in [0.29, 0.717) is 24.7 Å². The van der Waals surface area contributed by atoms with Crippen molar-refractivity contribution < 1.29 is 14.3 Å². The molecule has 0 saturated heterocycles. The Morgan fingerprint density at radius 3 is 2.62 bits per heavy atom. The normalized spacial score (nSPS) is 10.5. The van der Waals surface area contributed by atoms with Gasteiger partial charge in [-0.2, -0.15) is 0 Å². The molecule has 5 heteroatoms. The molecule has 0 unspecified atom stereocenters. The Bertz CT molecular complexity index is 447. The summed E-state index contributed by atoms with van der Waals surface area (Å²) in [6, 6.07) is 5.86. The Morgan fingerprint density at radius 1 is 1.24 bits per heavy atom. The third-order valence-corrected chi connectivity index (χ3v) is 2.72. The van der Waals surface area contributed by atoms with Gasteiger partial charge in [0, 0.05) is 18.2 Å². The first-order valence-electron chi connectivity index (χ1n) is 7.46. The van der Waals surface area contributed by atoms with Gasteiger partial charge in [-0.15, -0.1) is 0 Å². The number of ether oxygens (including phenoxy) is 2.